The Morgan fingerprint density at radius 2 is 1.04 bits per heavy atom. The predicted molar refractivity (Wildman–Crippen MR) is 101 cm³/mol. The summed E-state index contributed by atoms with van der Waals surface area (Å²) in [5, 5.41) is -0.334. The lowest BCUT2D eigenvalue weighted by Crippen LogP contribution is -2.38. The Morgan fingerprint density at radius 3 is 1.32 bits per heavy atom. The van der Waals surface area contributed by atoms with Crippen LogP contribution in [-0.4, -0.2) is 18.6 Å². The van der Waals surface area contributed by atoms with E-state index in [0.717, 1.165) is 0 Å². The average molecular weight is 346 g/mol. The molecule has 1 spiro atoms. The zero-order valence-corrected chi connectivity index (χ0v) is 14.7. The van der Waals surface area contributed by atoms with Crippen molar-refractivity contribution in [3.63, 3.8) is 0 Å². The smallest absolute Gasteiger partial charge is 0.164 e. The molecule has 5 rings (SSSR count). The molecule has 2 heterocycles. The van der Waals surface area contributed by atoms with Gasteiger partial charge in [0.25, 0.3) is 0 Å². The quantitative estimate of drug-likeness (QED) is 0.371. The molecule has 0 amide bonds. The molecule has 0 bridgehead atoms. The van der Waals surface area contributed by atoms with Crippen molar-refractivity contribution >= 4 is 8.15 Å². The van der Waals surface area contributed by atoms with Gasteiger partial charge < -0.3 is 9.26 Å². The second-order valence-corrected chi connectivity index (χ2v) is 8.89. The van der Waals surface area contributed by atoms with Gasteiger partial charge in [0, 0.05) is 0 Å². The minimum Gasteiger partial charge on any atom is -0.374 e. The van der Waals surface area contributed by atoms with Crippen LogP contribution in [0, 0.1) is 0 Å². The molecule has 0 radical (unpaired) electrons. The summed E-state index contributed by atoms with van der Waals surface area (Å²) < 4.78 is 11.9. The SMILES string of the molecule is c1ccc(C(c2ccccc2)(c2ccccc2)P2OC23COC3)cc1. The van der Waals surface area contributed by atoms with E-state index in [4.69, 9.17) is 9.26 Å². The van der Waals surface area contributed by atoms with Gasteiger partial charge in [-0.25, -0.2) is 0 Å². The topological polar surface area (TPSA) is 21.8 Å². The minimum absolute atomic E-state index is 0.0726. The molecule has 2 aliphatic heterocycles. The monoisotopic (exact) mass is 346 g/mol. The van der Waals surface area contributed by atoms with E-state index in [0.29, 0.717) is 13.2 Å². The van der Waals surface area contributed by atoms with Gasteiger partial charge in [0.1, 0.15) is 0 Å². The van der Waals surface area contributed by atoms with Crippen LogP contribution < -0.4 is 0 Å². The summed E-state index contributed by atoms with van der Waals surface area (Å²) in [6, 6.07) is 32.4. The van der Waals surface area contributed by atoms with E-state index in [2.05, 4.69) is 91.0 Å². The molecule has 3 aromatic carbocycles. The third-order valence-electron chi connectivity index (χ3n) is 5.13. The second kappa shape index (κ2) is 5.78. The molecule has 0 aromatic heterocycles. The van der Waals surface area contributed by atoms with Gasteiger partial charge in [-0.1, -0.05) is 91.0 Å². The zero-order chi connectivity index (χ0) is 16.7. The molecular formula is C22H19O2P. The van der Waals surface area contributed by atoms with Gasteiger partial charge in [0.15, 0.2) is 5.34 Å². The Balaban J connectivity index is 1.79. The molecule has 0 aliphatic carbocycles. The second-order valence-electron chi connectivity index (χ2n) is 6.63. The lowest BCUT2D eigenvalue weighted by atomic mass is 9.84. The first kappa shape index (κ1) is 15.3. The van der Waals surface area contributed by atoms with Crippen molar-refractivity contribution in [3.8, 4) is 0 Å². The summed E-state index contributed by atoms with van der Waals surface area (Å²) in [4.78, 5) is 0. The van der Waals surface area contributed by atoms with Crippen LogP contribution in [0.25, 0.3) is 0 Å². The Hall–Kier alpha value is -1.99. The van der Waals surface area contributed by atoms with Crippen molar-refractivity contribution in [2.45, 2.75) is 10.5 Å². The molecule has 3 aromatic rings. The first-order valence-corrected chi connectivity index (χ1v) is 9.86. The van der Waals surface area contributed by atoms with Crippen LogP contribution in [-0.2, 0) is 14.4 Å². The standard InChI is InChI=1S/C22H19O2P/c1-4-10-18(11-5-1)22(19-12-6-2-7-13-19,20-14-8-3-9-15-20)25-21(24-25)16-23-17-21/h1-15H,16-17H2. The van der Waals surface area contributed by atoms with Crippen LogP contribution in [0.15, 0.2) is 91.0 Å². The highest BCUT2D eigenvalue weighted by Gasteiger charge is 2.71. The van der Waals surface area contributed by atoms with Crippen LogP contribution in [0.5, 0.6) is 0 Å². The first-order valence-electron chi connectivity index (χ1n) is 8.60. The largest absolute Gasteiger partial charge is 0.374 e. The van der Waals surface area contributed by atoms with Crippen molar-refractivity contribution < 1.29 is 9.26 Å². The molecule has 0 saturated carbocycles. The summed E-state index contributed by atoms with van der Waals surface area (Å²) in [7, 11) is -0.711. The Bertz CT molecular complexity index is 764. The average Bonchev–Trinajstić information content (AvgIpc) is 3.42. The van der Waals surface area contributed by atoms with Crippen LogP contribution in [0.2, 0.25) is 0 Å². The summed E-state index contributed by atoms with van der Waals surface area (Å²) in [5.41, 5.74) is 3.88. The lowest BCUT2D eigenvalue weighted by molar-refractivity contribution is -0.0529. The maximum absolute atomic E-state index is 6.41. The molecule has 3 heteroatoms. The van der Waals surface area contributed by atoms with E-state index >= 15 is 0 Å². The molecule has 0 N–H and O–H groups in total. The van der Waals surface area contributed by atoms with Crippen LogP contribution in [0.3, 0.4) is 0 Å². The molecule has 2 nitrogen and oxygen atoms in total. The number of ether oxygens (including phenoxy) is 1. The van der Waals surface area contributed by atoms with Gasteiger partial charge in [0.05, 0.1) is 26.5 Å². The number of hydrogen-bond donors (Lipinski definition) is 0. The van der Waals surface area contributed by atoms with Crippen molar-refractivity contribution in [1.82, 2.24) is 0 Å². The maximum Gasteiger partial charge on any atom is 0.164 e. The van der Waals surface area contributed by atoms with Crippen LogP contribution in [0.1, 0.15) is 16.7 Å². The fourth-order valence-corrected chi connectivity index (χ4v) is 6.70. The third-order valence-corrected chi connectivity index (χ3v) is 7.97. The van der Waals surface area contributed by atoms with Gasteiger partial charge in [0.2, 0.25) is 0 Å². The Labute approximate surface area is 149 Å². The van der Waals surface area contributed by atoms with E-state index in [1.54, 1.807) is 0 Å². The molecular weight excluding hydrogens is 327 g/mol. The summed E-state index contributed by atoms with van der Waals surface area (Å²) in [6.07, 6.45) is 0. The lowest BCUT2D eigenvalue weighted by Gasteiger charge is -2.36. The molecule has 124 valence electrons. The highest BCUT2D eigenvalue weighted by atomic mass is 31.2. The van der Waals surface area contributed by atoms with E-state index in [-0.39, 0.29) is 10.5 Å². The van der Waals surface area contributed by atoms with E-state index in [9.17, 15) is 0 Å². The fraction of sp³-hybridized carbons (Fsp3) is 0.182. The van der Waals surface area contributed by atoms with Gasteiger partial charge in [-0.2, -0.15) is 0 Å². The molecule has 1 unspecified atom stereocenters. The zero-order valence-electron chi connectivity index (χ0n) is 13.8. The minimum atomic E-state index is -0.711. The third kappa shape index (κ3) is 2.22. The summed E-state index contributed by atoms with van der Waals surface area (Å²) in [6.45, 7) is 1.43. The Kier molecular flexibility index (Phi) is 3.53. The van der Waals surface area contributed by atoms with Crippen molar-refractivity contribution in [1.29, 1.82) is 0 Å². The molecule has 2 fully saturated rings. The number of hydrogen-bond acceptors (Lipinski definition) is 2. The van der Waals surface area contributed by atoms with Gasteiger partial charge in [-0.3, -0.25) is 0 Å². The van der Waals surface area contributed by atoms with Crippen LogP contribution in [0.4, 0.5) is 0 Å². The first-order chi connectivity index (χ1) is 12.4. The number of benzene rings is 3. The molecule has 1 atom stereocenters. The fourth-order valence-electron chi connectivity index (χ4n) is 3.86. The van der Waals surface area contributed by atoms with Crippen molar-refractivity contribution in [3.05, 3.63) is 108 Å². The summed E-state index contributed by atoms with van der Waals surface area (Å²) >= 11 is 0. The van der Waals surface area contributed by atoms with E-state index in [1.165, 1.54) is 16.7 Å². The van der Waals surface area contributed by atoms with E-state index < -0.39 is 8.15 Å². The molecule has 2 saturated heterocycles. The number of rotatable bonds is 4. The van der Waals surface area contributed by atoms with Gasteiger partial charge in [-0.15, -0.1) is 0 Å². The molecule has 2 aliphatic rings. The summed E-state index contributed by atoms with van der Waals surface area (Å²) in [5.74, 6) is 0. The normalized spacial score (nSPS) is 20.9. The van der Waals surface area contributed by atoms with Gasteiger partial charge in [-0.05, 0) is 16.7 Å². The van der Waals surface area contributed by atoms with Gasteiger partial charge >= 0.3 is 0 Å². The predicted octanol–water partition coefficient (Wildman–Crippen LogP) is 5.13. The highest BCUT2D eigenvalue weighted by molar-refractivity contribution is 7.62. The van der Waals surface area contributed by atoms with Crippen LogP contribution >= 0.6 is 8.15 Å². The van der Waals surface area contributed by atoms with Crippen molar-refractivity contribution in [2.24, 2.45) is 0 Å². The molecule has 25 heavy (non-hydrogen) atoms. The van der Waals surface area contributed by atoms with E-state index in [1.807, 2.05) is 0 Å². The Morgan fingerprint density at radius 1 is 0.640 bits per heavy atom. The highest BCUT2D eigenvalue weighted by Crippen LogP contribution is 2.84. The maximum atomic E-state index is 6.41. The van der Waals surface area contributed by atoms with Crippen molar-refractivity contribution in [2.75, 3.05) is 13.2 Å².